The quantitative estimate of drug-likeness (QED) is 0.242. The fourth-order valence-corrected chi connectivity index (χ4v) is 4.28. The van der Waals surface area contributed by atoms with E-state index in [2.05, 4.69) is 46.5 Å². The number of urea groups is 1. The number of ether oxygens (including phenoxy) is 1. The molecule has 5 rings (SSSR count). The van der Waals surface area contributed by atoms with Gasteiger partial charge in [0.15, 0.2) is 5.82 Å². The fraction of sp³-hybridized carbons (Fsp3) is 0.429. The van der Waals surface area contributed by atoms with Gasteiger partial charge in [-0.25, -0.2) is 14.9 Å². The van der Waals surface area contributed by atoms with Crippen LogP contribution in [0.1, 0.15) is 12.2 Å². The van der Waals surface area contributed by atoms with Crippen LogP contribution in [0.2, 0.25) is 0 Å². The van der Waals surface area contributed by atoms with E-state index in [4.69, 9.17) is 9.84 Å². The Morgan fingerprint density at radius 3 is 3.06 bits per heavy atom. The second kappa shape index (κ2) is 10.2. The summed E-state index contributed by atoms with van der Waals surface area (Å²) in [5, 5.41) is 40.5. The number of nitrogens with one attached hydrogen (secondary N) is 4. The number of pyridine rings is 1. The molecule has 1 fully saturated rings. The SMILES string of the molecule is O=C(NCc1nnn[nH]1)C1C=CC2=C(N1)N(C(=O)Nc1cc(OC[C@H](O)CO)ccn1)[C@H]1CCN2C1. The van der Waals surface area contributed by atoms with Gasteiger partial charge in [0.05, 0.1) is 24.9 Å². The summed E-state index contributed by atoms with van der Waals surface area (Å²) < 4.78 is 5.44. The van der Waals surface area contributed by atoms with E-state index >= 15 is 0 Å². The number of nitrogens with zero attached hydrogens (tertiary/aromatic N) is 6. The van der Waals surface area contributed by atoms with Crippen molar-refractivity contribution in [1.82, 2.24) is 46.0 Å². The number of H-pyrrole nitrogens is 1. The molecule has 3 aliphatic heterocycles. The molecule has 6 N–H and O–H groups in total. The van der Waals surface area contributed by atoms with Crippen LogP contribution in [-0.4, -0.2) is 102 Å². The standard InChI is InChI=1S/C21H26N10O5/c32-10-13(33)11-36-14-3-5-22-17(7-14)25-21(35)31-12-4-6-30(9-12)16-2-1-15(24-19(16)31)20(34)23-8-18-26-28-29-27-18/h1-3,5,7,12-13,15,24,32-33H,4,6,8-11H2,(H,23,34)(H,22,25,35)(H,26,27,28,29)/t12-,13+,15?/m0/s1. The number of dihydropyridines is 1. The fourth-order valence-electron chi connectivity index (χ4n) is 4.28. The number of aromatic nitrogens is 5. The minimum atomic E-state index is -1.01. The van der Waals surface area contributed by atoms with E-state index in [1.165, 1.54) is 12.3 Å². The molecule has 15 heteroatoms. The number of allylic oxidation sites excluding steroid dienone is 1. The Kier molecular flexibility index (Phi) is 6.64. The van der Waals surface area contributed by atoms with Gasteiger partial charge in [-0.1, -0.05) is 6.08 Å². The lowest BCUT2D eigenvalue weighted by Crippen LogP contribution is -2.55. The maximum Gasteiger partial charge on any atom is 0.328 e. The summed E-state index contributed by atoms with van der Waals surface area (Å²) in [4.78, 5) is 34.2. The van der Waals surface area contributed by atoms with Gasteiger partial charge in [-0.2, -0.15) is 0 Å². The zero-order valence-electron chi connectivity index (χ0n) is 19.2. The third-order valence-corrected chi connectivity index (χ3v) is 6.03. The summed E-state index contributed by atoms with van der Waals surface area (Å²) in [7, 11) is 0. The molecule has 2 aromatic heterocycles. The van der Waals surface area contributed by atoms with Crippen LogP contribution in [0.5, 0.6) is 5.75 Å². The van der Waals surface area contributed by atoms with Crippen LogP contribution >= 0.6 is 0 Å². The molecule has 3 atom stereocenters. The molecule has 2 bridgehead atoms. The van der Waals surface area contributed by atoms with E-state index in [9.17, 15) is 14.7 Å². The molecule has 0 saturated carbocycles. The van der Waals surface area contributed by atoms with Crippen LogP contribution in [0.4, 0.5) is 10.6 Å². The topological polar surface area (TPSA) is 194 Å². The molecular weight excluding hydrogens is 472 g/mol. The largest absolute Gasteiger partial charge is 0.491 e. The number of amides is 3. The van der Waals surface area contributed by atoms with Crippen LogP contribution < -0.4 is 20.7 Å². The molecule has 1 unspecified atom stereocenters. The summed E-state index contributed by atoms with van der Waals surface area (Å²) in [5.74, 6) is 1.33. The third kappa shape index (κ3) is 4.92. The minimum absolute atomic E-state index is 0.0779. The number of hydrogen-bond acceptors (Lipinski definition) is 11. The Bertz CT molecular complexity index is 1170. The maximum absolute atomic E-state index is 13.4. The van der Waals surface area contributed by atoms with E-state index in [0.717, 1.165) is 18.7 Å². The lowest BCUT2D eigenvalue weighted by atomic mass is 10.1. The van der Waals surface area contributed by atoms with Crippen LogP contribution in [0.25, 0.3) is 0 Å². The van der Waals surface area contributed by atoms with Crippen molar-refractivity contribution in [2.75, 3.05) is 31.6 Å². The van der Waals surface area contributed by atoms with Gasteiger partial charge in [0, 0.05) is 25.4 Å². The summed E-state index contributed by atoms with van der Waals surface area (Å²) in [5.41, 5.74) is 0.838. The molecule has 3 aliphatic rings. The maximum atomic E-state index is 13.4. The second-order valence-corrected chi connectivity index (χ2v) is 8.49. The van der Waals surface area contributed by atoms with Crippen LogP contribution in [-0.2, 0) is 11.3 Å². The Labute approximate surface area is 205 Å². The molecule has 2 aromatic rings. The number of carbonyl (C=O) groups is 2. The zero-order valence-corrected chi connectivity index (χ0v) is 19.2. The van der Waals surface area contributed by atoms with Crippen LogP contribution in [0.15, 0.2) is 42.0 Å². The first kappa shape index (κ1) is 23.5. The lowest BCUT2D eigenvalue weighted by Gasteiger charge is -2.40. The molecular formula is C21H26N10O5. The van der Waals surface area contributed by atoms with Crippen molar-refractivity contribution in [3.8, 4) is 5.75 Å². The van der Waals surface area contributed by atoms with Crippen molar-refractivity contribution in [3.63, 3.8) is 0 Å². The second-order valence-electron chi connectivity index (χ2n) is 8.49. The molecule has 0 spiro atoms. The van der Waals surface area contributed by atoms with Crippen LogP contribution in [0, 0.1) is 0 Å². The number of anilines is 1. The van der Waals surface area contributed by atoms with Gasteiger partial charge in [-0.3, -0.25) is 15.0 Å². The summed E-state index contributed by atoms with van der Waals surface area (Å²) in [6.45, 7) is 1.10. The molecule has 190 valence electrons. The Hall–Kier alpha value is -4.24. The number of carbonyl (C=O) groups excluding carboxylic acids is 2. The average molecular weight is 499 g/mol. The van der Waals surface area contributed by atoms with Crippen molar-refractivity contribution in [2.24, 2.45) is 0 Å². The summed E-state index contributed by atoms with van der Waals surface area (Å²) in [6.07, 6.45) is 4.85. The van der Waals surface area contributed by atoms with Crippen molar-refractivity contribution < 1.29 is 24.5 Å². The highest BCUT2D eigenvalue weighted by Crippen LogP contribution is 2.33. The molecule has 36 heavy (non-hydrogen) atoms. The molecule has 0 radical (unpaired) electrons. The van der Waals surface area contributed by atoms with Gasteiger partial charge >= 0.3 is 6.03 Å². The molecule has 5 heterocycles. The van der Waals surface area contributed by atoms with Crippen molar-refractivity contribution in [3.05, 3.63) is 47.8 Å². The summed E-state index contributed by atoms with van der Waals surface area (Å²) >= 11 is 0. The van der Waals surface area contributed by atoms with Gasteiger partial charge in [0.25, 0.3) is 0 Å². The first-order valence-electron chi connectivity index (χ1n) is 11.4. The third-order valence-electron chi connectivity index (χ3n) is 6.03. The first-order valence-corrected chi connectivity index (χ1v) is 11.4. The predicted molar refractivity (Wildman–Crippen MR) is 123 cm³/mol. The number of rotatable bonds is 8. The molecule has 1 saturated heterocycles. The van der Waals surface area contributed by atoms with Gasteiger partial charge in [0.1, 0.15) is 36.1 Å². The number of aliphatic hydroxyl groups excluding tert-OH is 2. The smallest absolute Gasteiger partial charge is 0.328 e. The van der Waals surface area contributed by atoms with Crippen molar-refractivity contribution in [2.45, 2.75) is 31.2 Å². The summed E-state index contributed by atoms with van der Waals surface area (Å²) in [6, 6.07) is 1.95. The first-order chi connectivity index (χ1) is 17.5. The van der Waals surface area contributed by atoms with E-state index in [1.54, 1.807) is 17.0 Å². The average Bonchev–Trinajstić information content (AvgIpc) is 3.57. The van der Waals surface area contributed by atoms with Gasteiger partial charge in [-0.05, 0) is 29.0 Å². The number of aromatic amines is 1. The van der Waals surface area contributed by atoms with Gasteiger partial charge in [0.2, 0.25) is 5.91 Å². The highest BCUT2D eigenvalue weighted by atomic mass is 16.5. The minimum Gasteiger partial charge on any atom is -0.491 e. The van der Waals surface area contributed by atoms with E-state index in [0.29, 0.717) is 23.9 Å². The molecule has 3 amide bonds. The lowest BCUT2D eigenvalue weighted by molar-refractivity contribution is -0.122. The highest BCUT2D eigenvalue weighted by Gasteiger charge is 2.42. The molecule has 0 aliphatic carbocycles. The predicted octanol–water partition coefficient (Wildman–Crippen LogP) is -1.74. The Morgan fingerprint density at radius 2 is 2.25 bits per heavy atom. The number of hydrogen-bond donors (Lipinski definition) is 6. The van der Waals surface area contributed by atoms with Crippen molar-refractivity contribution in [1.29, 1.82) is 0 Å². The number of fused-ring (bicyclic) bond motifs is 3. The molecule has 0 aromatic carbocycles. The van der Waals surface area contributed by atoms with E-state index < -0.39 is 24.8 Å². The highest BCUT2D eigenvalue weighted by molar-refractivity contribution is 5.91. The van der Waals surface area contributed by atoms with Crippen molar-refractivity contribution >= 4 is 17.8 Å². The monoisotopic (exact) mass is 498 g/mol. The number of tetrazole rings is 1. The zero-order chi connectivity index (χ0) is 25.1. The van der Waals surface area contributed by atoms with Gasteiger partial charge < -0.3 is 30.5 Å². The van der Waals surface area contributed by atoms with E-state index in [-0.39, 0.29) is 30.9 Å². The van der Waals surface area contributed by atoms with E-state index in [1.807, 2.05) is 6.08 Å². The Balaban J connectivity index is 1.28. The number of aliphatic hydroxyl groups is 2. The molecule has 15 nitrogen and oxygen atoms in total. The Morgan fingerprint density at radius 1 is 1.36 bits per heavy atom. The van der Waals surface area contributed by atoms with Crippen LogP contribution in [0.3, 0.4) is 0 Å². The normalized spacial score (nSPS) is 21.1. The van der Waals surface area contributed by atoms with Gasteiger partial charge in [-0.15, -0.1) is 5.10 Å².